The van der Waals surface area contributed by atoms with Gasteiger partial charge in [0.05, 0.1) is 21.8 Å². The van der Waals surface area contributed by atoms with Crippen molar-refractivity contribution in [3.63, 3.8) is 0 Å². The number of Topliss-reactive ketones (excluding diaryl/α,β-unsaturated/α-hetero) is 2. The fourth-order valence-electron chi connectivity index (χ4n) is 6.27. The van der Waals surface area contributed by atoms with E-state index in [0.29, 0.717) is 4.90 Å². The Morgan fingerprint density at radius 1 is 1.11 bits per heavy atom. The lowest BCUT2D eigenvalue weighted by Crippen LogP contribution is -2.58. The molecule has 5 rings (SSSR count). The first-order chi connectivity index (χ1) is 17.0. The van der Waals surface area contributed by atoms with E-state index in [9.17, 15) is 50.5 Å². The van der Waals surface area contributed by atoms with Crippen LogP contribution >= 0.6 is 0 Å². The molecular formula is C22H19NO12S2-2. The average Bonchev–Trinajstić information content (AvgIpc) is 3.13. The van der Waals surface area contributed by atoms with E-state index in [4.69, 9.17) is 0 Å². The molecule has 0 radical (unpaired) electrons. The number of fused-ring (bicyclic) bond motifs is 3. The predicted octanol–water partition coefficient (Wildman–Crippen LogP) is -0.490. The van der Waals surface area contributed by atoms with Crippen LogP contribution < -0.4 is 4.18 Å². The second-order valence-corrected chi connectivity index (χ2v) is 12.1. The molecule has 0 bridgehead atoms. The van der Waals surface area contributed by atoms with Gasteiger partial charge in [-0.3, -0.25) is 14.4 Å². The molecule has 0 unspecified atom stereocenters. The van der Waals surface area contributed by atoms with Crippen LogP contribution in [0.4, 0.5) is 0 Å². The van der Waals surface area contributed by atoms with Gasteiger partial charge in [-0.2, -0.15) is 0 Å². The van der Waals surface area contributed by atoms with Crippen LogP contribution in [0.5, 0.6) is 11.5 Å². The van der Waals surface area contributed by atoms with Crippen LogP contribution in [0.2, 0.25) is 0 Å². The standard InChI is InChI=1S/C22H21NO12S2/c1-21-5-4-15(25)17-19(27)23(6-7-36(29,30)31)20(28)22(17,21)18(26)12-8-10-11(9-13(12)21)16(3-2-14(10)24)35-37(32,33)34/h2-3,8-9,17,19,24,27H,4-7H2,1H3,(H,29,30,31)(H,32,33,34)/p-2/t17-,19+,21-,22+/m0/s1. The summed E-state index contributed by atoms with van der Waals surface area (Å²) in [5.74, 6) is -5.91. The third-order valence-electron chi connectivity index (χ3n) is 7.83. The Morgan fingerprint density at radius 3 is 2.41 bits per heavy atom. The van der Waals surface area contributed by atoms with Crippen molar-refractivity contribution in [3.8, 4) is 11.5 Å². The summed E-state index contributed by atoms with van der Waals surface area (Å²) in [5.41, 5.74) is -3.49. The number of aliphatic hydroxyl groups is 1. The Labute approximate surface area is 210 Å². The van der Waals surface area contributed by atoms with E-state index in [1.807, 2.05) is 0 Å². The minimum atomic E-state index is -5.22. The third kappa shape index (κ3) is 3.41. The average molecular weight is 554 g/mol. The first-order valence-corrected chi connectivity index (χ1v) is 13.9. The highest BCUT2D eigenvalue weighted by Crippen LogP contribution is 2.65. The van der Waals surface area contributed by atoms with Crippen LogP contribution in [0.25, 0.3) is 10.8 Å². The number of hydrogen-bond donors (Lipinski definition) is 2. The molecule has 2 aliphatic carbocycles. The highest BCUT2D eigenvalue weighted by atomic mass is 32.3. The topological polar surface area (TPSA) is 219 Å². The van der Waals surface area contributed by atoms with E-state index in [1.54, 1.807) is 0 Å². The van der Waals surface area contributed by atoms with Crippen LogP contribution in [-0.4, -0.2) is 77.1 Å². The van der Waals surface area contributed by atoms with Crippen molar-refractivity contribution in [2.75, 3.05) is 12.3 Å². The number of benzene rings is 2. The highest BCUT2D eigenvalue weighted by molar-refractivity contribution is 7.85. The van der Waals surface area contributed by atoms with Gasteiger partial charge in [-0.15, -0.1) is 0 Å². The molecular weight excluding hydrogens is 534 g/mol. The summed E-state index contributed by atoms with van der Waals surface area (Å²) in [6.07, 6.45) is -2.05. The van der Waals surface area contributed by atoms with Crippen LogP contribution in [0.1, 0.15) is 35.7 Å². The fourth-order valence-corrected chi connectivity index (χ4v) is 7.05. The largest absolute Gasteiger partial charge is 0.748 e. The first kappa shape index (κ1) is 25.5. The van der Waals surface area contributed by atoms with E-state index >= 15 is 0 Å². The minimum absolute atomic E-state index is 0.0341. The summed E-state index contributed by atoms with van der Waals surface area (Å²) in [4.78, 5) is 41.5. The van der Waals surface area contributed by atoms with Crippen molar-refractivity contribution in [2.24, 2.45) is 11.3 Å². The highest BCUT2D eigenvalue weighted by Gasteiger charge is 2.77. The molecule has 2 aromatic rings. The molecule has 4 atom stereocenters. The van der Waals surface area contributed by atoms with Crippen molar-refractivity contribution in [2.45, 2.75) is 31.4 Å². The van der Waals surface area contributed by atoms with Gasteiger partial charge in [0, 0.05) is 34.7 Å². The smallest absolute Gasteiger partial charge is 0.262 e. The number of hydrogen-bond acceptors (Lipinski definition) is 12. The number of aliphatic hydroxyl groups excluding tert-OH is 1. The number of phenolic OH excluding ortho intramolecular Hbond substituents is 1. The number of carbonyl (C=O) groups excluding carboxylic acids is 3. The lowest BCUT2D eigenvalue weighted by Gasteiger charge is -2.45. The minimum Gasteiger partial charge on any atom is -0.748 e. The molecule has 37 heavy (non-hydrogen) atoms. The van der Waals surface area contributed by atoms with Gasteiger partial charge in [0.15, 0.2) is 5.78 Å². The maximum Gasteiger partial charge on any atom is 0.262 e. The van der Waals surface area contributed by atoms with Crippen LogP contribution in [0, 0.1) is 11.3 Å². The lowest BCUT2D eigenvalue weighted by molar-refractivity contribution is -0.143. The van der Waals surface area contributed by atoms with Gasteiger partial charge >= 0.3 is 0 Å². The van der Waals surface area contributed by atoms with Gasteiger partial charge in [0.1, 0.15) is 28.9 Å². The van der Waals surface area contributed by atoms with E-state index in [2.05, 4.69) is 4.18 Å². The van der Waals surface area contributed by atoms with E-state index < -0.39 is 84.8 Å². The van der Waals surface area contributed by atoms with Gasteiger partial charge in [-0.05, 0) is 36.2 Å². The number of aromatic hydroxyl groups is 1. The Balaban J connectivity index is 1.75. The molecule has 1 spiro atoms. The number of likely N-dealkylation sites (tertiary alicyclic amines) is 1. The zero-order valence-electron chi connectivity index (χ0n) is 19.0. The molecule has 1 amide bonds. The van der Waals surface area contributed by atoms with Gasteiger partial charge < -0.3 is 28.4 Å². The quantitative estimate of drug-likeness (QED) is 0.272. The van der Waals surface area contributed by atoms with Crippen LogP contribution in [0.15, 0.2) is 24.3 Å². The van der Waals surface area contributed by atoms with Gasteiger partial charge in [-0.25, -0.2) is 16.8 Å². The zero-order valence-corrected chi connectivity index (χ0v) is 20.7. The molecule has 3 aliphatic rings. The second-order valence-electron chi connectivity index (χ2n) is 9.60. The van der Waals surface area contributed by atoms with Crippen molar-refractivity contribution in [1.29, 1.82) is 0 Å². The van der Waals surface area contributed by atoms with Crippen molar-refractivity contribution in [1.82, 2.24) is 4.90 Å². The van der Waals surface area contributed by atoms with Crippen molar-refractivity contribution >= 4 is 48.8 Å². The van der Waals surface area contributed by atoms with E-state index in [1.165, 1.54) is 19.1 Å². The Hall–Kier alpha value is -3.11. The van der Waals surface area contributed by atoms with Crippen molar-refractivity contribution < 1.29 is 54.7 Å². The molecule has 0 aromatic heterocycles. The SMILES string of the molecule is C[C@@]12CCC(=O)[C@H]3[C@@H](O)N(CCS(=O)(=O)[O-])C(=O)[C@]31C(=O)c1cc3c(O)ccc(OS(=O)(=O)[O-])c3cc12. The number of rotatable bonds is 5. The number of phenols is 1. The molecule has 1 saturated heterocycles. The van der Waals surface area contributed by atoms with E-state index in [-0.39, 0.29) is 34.7 Å². The summed E-state index contributed by atoms with van der Waals surface area (Å²) in [5, 5.41) is 21.2. The Kier molecular flexibility index (Phi) is 5.32. The molecule has 2 N–H and O–H groups in total. The molecule has 1 heterocycles. The van der Waals surface area contributed by atoms with Gasteiger partial charge in [-0.1, -0.05) is 6.92 Å². The lowest BCUT2D eigenvalue weighted by atomic mass is 9.52. The molecule has 198 valence electrons. The number of amides is 1. The van der Waals surface area contributed by atoms with Gasteiger partial charge in [0.25, 0.3) is 10.4 Å². The summed E-state index contributed by atoms with van der Waals surface area (Å²) >= 11 is 0. The van der Waals surface area contributed by atoms with Crippen molar-refractivity contribution in [3.05, 3.63) is 35.4 Å². The third-order valence-corrected chi connectivity index (χ3v) is 8.90. The fraction of sp³-hybridized carbons (Fsp3) is 0.409. The van der Waals surface area contributed by atoms with Crippen LogP contribution in [-0.2, 0) is 35.5 Å². The van der Waals surface area contributed by atoms with Crippen LogP contribution in [0.3, 0.4) is 0 Å². The molecule has 1 saturated carbocycles. The molecule has 2 aromatic carbocycles. The maximum atomic E-state index is 14.0. The molecule has 13 nitrogen and oxygen atoms in total. The summed E-state index contributed by atoms with van der Waals surface area (Å²) in [6, 6.07) is 4.58. The summed E-state index contributed by atoms with van der Waals surface area (Å²) in [7, 11) is -10.0. The van der Waals surface area contributed by atoms with E-state index in [0.717, 1.165) is 12.1 Å². The molecule has 1 aliphatic heterocycles. The Morgan fingerprint density at radius 2 is 1.78 bits per heavy atom. The number of carbonyl (C=O) groups is 3. The van der Waals surface area contributed by atoms with Gasteiger partial charge in [0.2, 0.25) is 5.91 Å². The normalized spacial score (nSPS) is 29.4. The summed E-state index contributed by atoms with van der Waals surface area (Å²) < 4.78 is 71.9. The molecule has 15 heteroatoms. The monoisotopic (exact) mass is 553 g/mol. The predicted molar refractivity (Wildman–Crippen MR) is 120 cm³/mol. The summed E-state index contributed by atoms with van der Waals surface area (Å²) in [6.45, 7) is 0.785. The molecule has 2 fully saturated rings. The first-order valence-electron chi connectivity index (χ1n) is 11.0. The number of ketones is 2. The maximum absolute atomic E-state index is 14.0. The number of nitrogens with zero attached hydrogens (tertiary/aromatic N) is 1. The Bertz CT molecular complexity index is 1630. The zero-order chi connectivity index (χ0) is 27.3. The second kappa shape index (κ2) is 7.70.